The molecule has 0 aliphatic heterocycles. The zero-order valence-electron chi connectivity index (χ0n) is 14.0. The van der Waals surface area contributed by atoms with Crippen LogP contribution >= 0.6 is 0 Å². The maximum atomic E-state index is 13.1. The van der Waals surface area contributed by atoms with Crippen molar-refractivity contribution in [3.63, 3.8) is 0 Å². The normalized spacial score (nSPS) is 11.3. The van der Waals surface area contributed by atoms with E-state index >= 15 is 0 Å². The minimum Gasteiger partial charge on any atom is -0.461 e. The van der Waals surface area contributed by atoms with E-state index in [1.807, 2.05) is 0 Å². The standard InChI is InChI=1S/C15H12F3N7O3/c16-15(17,18)11-5-10(23-13(24-11)25-2-1-19-8-25)12(27)22-9-6-20-14(21-7-9)28-4-3-26/h1-2,5-8,26H,3-4H2,(H,22,27). The summed E-state index contributed by atoms with van der Waals surface area (Å²) >= 11 is 0. The highest BCUT2D eigenvalue weighted by Crippen LogP contribution is 2.28. The molecule has 0 atom stereocenters. The fourth-order valence-electron chi connectivity index (χ4n) is 1.98. The second-order valence-electron chi connectivity index (χ2n) is 5.19. The van der Waals surface area contributed by atoms with Crippen molar-refractivity contribution in [2.24, 2.45) is 0 Å². The first-order valence-corrected chi connectivity index (χ1v) is 7.68. The molecule has 146 valence electrons. The molecule has 0 bridgehead atoms. The monoisotopic (exact) mass is 395 g/mol. The molecule has 3 rings (SSSR count). The van der Waals surface area contributed by atoms with Crippen LogP contribution in [0, 0.1) is 0 Å². The Balaban J connectivity index is 1.85. The average molecular weight is 395 g/mol. The van der Waals surface area contributed by atoms with E-state index in [-0.39, 0.29) is 30.9 Å². The summed E-state index contributed by atoms with van der Waals surface area (Å²) in [5, 5.41) is 11.0. The molecule has 0 aliphatic carbocycles. The van der Waals surface area contributed by atoms with Crippen LogP contribution in [0.1, 0.15) is 16.2 Å². The molecule has 10 nitrogen and oxygen atoms in total. The quantitative estimate of drug-likeness (QED) is 0.635. The van der Waals surface area contributed by atoms with Gasteiger partial charge in [-0.1, -0.05) is 0 Å². The molecule has 13 heteroatoms. The lowest BCUT2D eigenvalue weighted by atomic mass is 10.3. The zero-order valence-corrected chi connectivity index (χ0v) is 14.0. The third-order valence-corrected chi connectivity index (χ3v) is 3.18. The van der Waals surface area contributed by atoms with E-state index in [0.717, 1.165) is 4.57 Å². The summed E-state index contributed by atoms with van der Waals surface area (Å²) in [5.41, 5.74) is -1.68. The molecule has 0 unspecified atom stereocenters. The number of rotatable bonds is 6. The number of alkyl halides is 3. The van der Waals surface area contributed by atoms with Gasteiger partial charge in [-0.05, 0) is 0 Å². The maximum Gasteiger partial charge on any atom is 0.433 e. The molecule has 0 aliphatic rings. The summed E-state index contributed by atoms with van der Waals surface area (Å²) in [5.74, 6) is -1.27. The number of aromatic nitrogens is 6. The van der Waals surface area contributed by atoms with Gasteiger partial charge in [0.05, 0.1) is 24.7 Å². The predicted molar refractivity (Wildman–Crippen MR) is 86.7 cm³/mol. The van der Waals surface area contributed by atoms with Crippen molar-refractivity contribution in [3.8, 4) is 12.0 Å². The number of hydrogen-bond donors (Lipinski definition) is 2. The number of carbonyl (C=O) groups is 1. The molecule has 0 saturated carbocycles. The Labute approximate surface area is 155 Å². The molecule has 28 heavy (non-hydrogen) atoms. The van der Waals surface area contributed by atoms with E-state index in [9.17, 15) is 18.0 Å². The van der Waals surface area contributed by atoms with Crippen molar-refractivity contribution in [1.29, 1.82) is 0 Å². The van der Waals surface area contributed by atoms with Crippen LogP contribution < -0.4 is 10.1 Å². The van der Waals surface area contributed by atoms with Gasteiger partial charge >= 0.3 is 12.2 Å². The fraction of sp³-hybridized carbons (Fsp3) is 0.200. The van der Waals surface area contributed by atoms with Crippen LogP contribution in [-0.4, -0.2) is 53.7 Å². The van der Waals surface area contributed by atoms with Crippen LogP contribution in [0.2, 0.25) is 0 Å². The summed E-state index contributed by atoms with van der Waals surface area (Å²) in [6.07, 6.45) is 1.50. The molecule has 0 spiro atoms. The Hall–Kier alpha value is -3.61. The minimum absolute atomic E-state index is 0.0100. The van der Waals surface area contributed by atoms with Crippen LogP contribution in [-0.2, 0) is 6.18 Å². The third kappa shape index (κ3) is 4.56. The van der Waals surface area contributed by atoms with Gasteiger partial charge < -0.3 is 15.2 Å². The van der Waals surface area contributed by atoms with Crippen LogP contribution in [0.4, 0.5) is 18.9 Å². The van der Waals surface area contributed by atoms with Crippen molar-refractivity contribution < 1.29 is 27.8 Å². The number of imidazole rings is 1. The molecule has 0 saturated heterocycles. The number of halogens is 3. The molecule has 3 aromatic rings. The van der Waals surface area contributed by atoms with Gasteiger partial charge in [-0.3, -0.25) is 9.36 Å². The largest absolute Gasteiger partial charge is 0.461 e. The summed E-state index contributed by atoms with van der Waals surface area (Å²) < 4.78 is 45.5. The number of nitrogens with one attached hydrogen (secondary N) is 1. The highest BCUT2D eigenvalue weighted by molar-refractivity contribution is 6.02. The first-order chi connectivity index (χ1) is 13.4. The van der Waals surface area contributed by atoms with E-state index in [4.69, 9.17) is 9.84 Å². The lowest BCUT2D eigenvalue weighted by Gasteiger charge is -2.11. The Kier molecular flexibility index (Phi) is 5.44. The molecule has 3 heterocycles. The Morgan fingerprint density at radius 3 is 2.61 bits per heavy atom. The van der Waals surface area contributed by atoms with Crippen LogP contribution in [0.3, 0.4) is 0 Å². The molecule has 0 aromatic carbocycles. The lowest BCUT2D eigenvalue weighted by Crippen LogP contribution is -2.19. The van der Waals surface area contributed by atoms with Gasteiger partial charge in [0.2, 0.25) is 5.95 Å². The molecule has 2 N–H and O–H groups in total. The number of carbonyl (C=O) groups excluding carboxylic acids is 1. The van der Waals surface area contributed by atoms with Gasteiger partial charge in [0.25, 0.3) is 5.91 Å². The minimum atomic E-state index is -4.78. The maximum absolute atomic E-state index is 13.1. The average Bonchev–Trinajstić information content (AvgIpc) is 3.21. The molecule has 1 amide bonds. The summed E-state index contributed by atoms with van der Waals surface area (Å²) in [6.45, 7) is -0.236. The first-order valence-electron chi connectivity index (χ1n) is 7.68. The Morgan fingerprint density at radius 2 is 2.00 bits per heavy atom. The van der Waals surface area contributed by atoms with E-state index in [2.05, 4.69) is 30.2 Å². The van der Waals surface area contributed by atoms with Crippen LogP contribution in [0.5, 0.6) is 6.01 Å². The van der Waals surface area contributed by atoms with Gasteiger partial charge in [-0.15, -0.1) is 0 Å². The van der Waals surface area contributed by atoms with Gasteiger partial charge in [-0.2, -0.15) is 13.2 Å². The smallest absolute Gasteiger partial charge is 0.433 e. The van der Waals surface area contributed by atoms with E-state index in [1.54, 1.807) is 0 Å². The molecule has 0 radical (unpaired) electrons. The number of amides is 1. The van der Waals surface area contributed by atoms with Gasteiger partial charge in [0.1, 0.15) is 18.6 Å². The number of nitrogens with zero attached hydrogens (tertiary/aromatic N) is 6. The van der Waals surface area contributed by atoms with Gasteiger partial charge in [0, 0.05) is 18.5 Å². The van der Waals surface area contributed by atoms with Gasteiger partial charge in [-0.25, -0.2) is 24.9 Å². The van der Waals surface area contributed by atoms with E-state index < -0.39 is 23.5 Å². The van der Waals surface area contributed by atoms with E-state index in [1.165, 1.54) is 31.1 Å². The predicted octanol–water partition coefficient (Wildman–Crippen LogP) is 1.09. The second kappa shape index (κ2) is 7.96. The van der Waals surface area contributed by atoms with Crippen LogP contribution in [0.15, 0.2) is 37.2 Å². The Morgan fingerprint density at radius 1 is 1.25 bits per heavy atom. The third-order valence-electron chi connectivity index (χ3n) is 3.18. The van der Waals surface area contributed by atoms with Gasteiger partial charge in [0.15, 0.2) is 5.69 Å². The second-order valence-corrected chi connectivity index (χ2v) is 5.19. The highest BCUT2D eigenvalue weighted by Gasteiger charge is 2.34. The highest BCUT2D eigenvalue weighted by atomic mass is 19.4. The number of aliphatic hydroxyl groups is 1. The van der Waals surface area contributed by atoms with Crippen molar-refractivity contribution in [2.45, 2.75) is 6.18 Å². The lowest BCUT2D eigenvalue weighted by molar-refractivity contribution is -0.141. The zero-order chi connectivity index (χ0) is 20.1. The number of anilines is 1. The van der Waals surface area contributed by atoms with Crippen LogP contribution in [0.25, 0.3) is 5.95 Å². The topological polar surface area (TPSA) is 128 Å². The SMILES string of the molecule is O=C(Nc1cnc(OCCO)nc1)c1cc(C(F)(F)F)nc(-n2ccnc2)n1. The molecule has 3 aromatic heterocycles. The molecular weight excluding hydrogens is 383 g/mol. The van der Waals surface area contributed by atoms with Crippen molar-refractivity contribution in [2.75, 3.05) is 18.5 Å². The molecule has 0 fully saturated rings. The van der Waals surface area contributed by atoms with E-state index in [0.29, 0.717) is 6.07 Å². The molecular formula is C15H12F3N7O3. The summed E-state index contributed by atoms with van der Waals surface area (Å²) in [7, 11) is 0. The number of aliphatic hydroxyl groups excluding tert-OH is 1. The fourth-order valence-corrected chi connectivity index (χ4v) is 1.98. The number of hydrogen-bond acceptors (Lipinski definition) is 8. The summed E-state index contributed by atoms with van der Waals surface area (Å²) in [4.78, 5) is 30.9. The number of ether oxygens (including phenoxy) is 1. The Bertz CT molecular complexity index is 947. The van der Waals surface area contributed by atoms with Crippen molar-refractivity contribution >= 4 is 11.6 Å². The summed E-state index contributed by atoms with van der Waals surface area (Å²) in [6, 6.07) is 0.505. The van der Waals surface area contributed by atoms with Crippen molar-refractivity contribution in [3.05, 3.63) is 48.6 Å². The van der Waals surface area contributed by atoms with Crippen molar-refractivity contribution in [1.82, 2.24) is 29.5 Å². The first kappa shape index (κ1) is 19.2.